The highest BCUT2D eigenvalue weighted by atomic mass is 16.5. The van der Waals surface area contributed by atoms with Gasteiger partial charge in [0, 0.05) is 20.2 Å². The molecular formula is C15H20N2O3. The van der Waals surface area contributed by atoms with E-state index in [1.165, 1.54) is 0 Å². The summed E-state index contributed by atoms with van der Waals surface area (Å²) in [5.74, 6) is -0.452. The minimum Gasteiger partial charge on any atom is -0.383 e. The molecule has 2 unspecified atom stereocenters. The Morgan fingerprint density at radius 3 is 2.45 bits per heavy atom. The number of methoxy groups -OCH3 is 1. The van der Waals surface area contributed by atoms with Crippen molar-refractivity contribution in [1.82, 2.24) is 10.6 Å². The molecule has 0 spiro atoms. The largest absolute Gasteiger partial charge is 0.383 e. The van der Waals surface area contributed by atoms with Gasteiger partial charge in [0.15, 0.2) is 0 Å². The van der Waals surface area contributed by atoms with Crippen molar-refractivity contribution in [2.24, 2.45) is 11.8 Å². The molecule has 1 fully saturated rings. The molecule has 20 heavy (non-hydrogen) atoms. The third-order valence-electron chi connectivity index (χ3n) is 3.38. The van der Waals surface area contributed by atoms with Gasteiger partial charge in [0.1, 0.15) is 0 Å². The monoisotopic (exact) mass is 276 g/mol. The molecule has 2 rings (SSSR count). The lowest BCUT2D eigenvalue weighted by Crippen LogP contribution is -2.31. The third kappa shape index (κ3) is 4.06. The average molecular weight is 276 g/mol. The van der Waals surface area contributed by atoms with Gasteiger partial charge in [0.05, 0.1) is 18.4 Å². The van der Waals surface area contributed by atoms with Gasteiger partial charge in [-0.1, -0.05) is 30.3 Å². The van der Waals surface area contributed by atoms with Gasteiger partial charge in [-0.3, -0.25) is 9.59 Å². The quantitative estimate of drug-likeness (QED) is 0.720. The molecule has 1 aromatic rings. The van der Waals surface area contributed by atoms with E-state index in [9.17, 15) is 9.59 Å². The molecular weight excluding hydrogens is 256 g/mol. The molecule has 1 saturated carbocycles. The van der Waals surface area contributed by atoms with Crippen molar-refractivity contribution in [3.63, 3.8) is 0 Å². The lowest BCUT2D eigenvalue weighted by molar-refractivity contribution is -0.127. The van der Waals surface area contributed by atoms with Gasteiger partial charge in [-0.15, -0.1) is 0 Å². The molecule has 2 atom stereocenters. The summed E-state index contributed by atoms with van der Waals surface area (Å²) in [6, 6.07) is 9.73. The van der Waals surface area contributed by atoms with Crippen molar-refractivity contribution in [1.29, 1.82) is 0 Å². The Kier molecular flexibility index (Phi) is 5.12. The normalized spacial score (nSPS) is 20.2. The van der Waals surface area contributed by atoms with Crippen molar-refractivity contribution in [3.8, 4) is 0 Å². The molecule has 2 amide bonds. The Bertz CT molecular complexity index is 461. The van der Waals surface area contributed by atoms with Gasteiger partial charge < -0.3 is 15.4 Å². The van der Waals surface area contributed by atoms with Crippen LogP contribution < -0.4 is 10.6 Å². The lowest BCUT2D eigenvalue weighted by Gasteiger charge is -2.06. The van der Waals surface area contributed by atoms with Crippen LogP contribution in [0.5, 0.6) is 0 Å². The number of amides is 2. The summed E-state index contributed by atoms with van der Waals surface area (Å²) < 4.78 is 4.86. The van der Waals surface area contributed by atoms with Gasteiger partial charge >= 0.3 is 0 Å². The predicted molar refractivity (Wildman–Crippen MR) is 74.8 cm³/mol. The molecule has 1 aromatic carbocycles. The topological polar surface area (TPSA) is 67.4 Å². The standard InChI is InChI=1S/C15H20N2O3/c1-20-8-7-16-14(18)12-9-13(12)15(19)17-10-11-5-3-2-4-6-11/h2-6,12-13H,7-10H2,1H3,(H,16,18)(H,17,19). The van der Waals surface area contributed by atoms with Gasteiger partial charge in [-0.05, 0) is 12.0 Å². The molecule has 0 heterocycles. The van der Waals surface area contributed by atoms with Crippen molar-refractivity contribution in [3.05, 3.63) is 35.9 Å². The SMILES string of the molecule is COCCNC(=O)C1CC1C(=O)NCc1ccccc1. The van der Waals surface area contributed by atoms with Crippen LogP contribution in [0.1, 0.15) is 12.0 Å². The van der Waals surface area contributed by atoms with Crippen LogP contribution in [0.15, 0.2) is 30.3 Å². The number of rotatable bonds is 7. The molecule has 5 nitrogen and oxygen atoms in total. The summed E-state index contributed by atoms with van der Waals surface area (Å²) in [6.07, 6.45) is 0.638. The Balaban J connectivity index is 1.69. The first-order chi connectivity index (χ1) is 9.72. The molecule has 0 aliphatic heterocycles. The minimum atomic E-state index is -0.179. The van der Waals surface area contributed by atoms with Crippen molar-refractivity contribution in [2.45, 2.75) is 13.0 Å². The first-order valence-electron chi connectivity index (χ1n) is 6.80. The Hall–Kier alpha value is -1.88. The Labute approximate surface area is 118 Å². The first-order valence-corrected chi connectivity index (χ1v) is 6.80. The first kappa shape index (κ1) is 14.5. The fourth-order valence-electron chi connectivity index (χ4n) is 2.10. The number of hydrogen-bond donors (Lipinski definition) is 2. The molecule has 0 bridgehead atoms. The summed E-state index contributed by atoms with van der Waals surface area (Å²) >= 11 is 0. The molecule has 0 saturated heterocycles. The zero-order valence-corrected chi connectivity index (χ0v) is 11.6. The second kappa shape index (κ2) is 7.05. The van der Waals surface area contributed by atoms with Gasteiger partial charge in [0.25, 0.3) is 0 Å². The van der Waals surface area contributed by atoms with Gasteiger partial charge in [-0.2, -0.15) is 0 Å². The van der Waals surface area contributed by atoms with Crippen LogP contribution >= 0.6 is 0 Å². The van der Waals surface area contributed by atoms with Crippen LogP contribution in [0.4, 0.5) is 0 Å². The highest BCUT2D eigenvalue weighted by Crippen LogP contribution is 2.38. The maximum absolute atomic E-state index is 11.9. The fraction of sp³-hybridized carbons (Fsp3) is 0.467. The number of ether oxygens (including phenoxy) is 1. The maximum Gasteiger partial charge on any atom is 0.224 e. The van der Waals surface area contributed by atoms with Gasteiger partial charge in [-0.25, -0.2) is 0 Å². The number of carbonyl (C=O) groups is 2. The van der Waals surface area contributed by atoms with E-state index in [0.717, 1.165) is 5.56 Å². The summed E-state index contributed by atoms with van der Waals surface area (Å²) in [5.41, 5.74) is 1.06. The van der Waals surface area contributed by atoms with E-state index in [1.54, 1.807) is 7.11 Å². The van der Waals surface area contributed by atoms with E-state index in [4.69, 9.17) is 4.74 Å². The molecule has 0 aromatic heterocycles. The maximum atomic E-state index is 11.9. The lowest BCUT2D eigenvalue weighted by atomic mass is 10.2. The van der Waals surface area contributed by atoms with E-state index in [0.29, 0.717) is 26.1 Å². The van der Waals surface area contributed by atoms with Crippen LogP contribution in [0.3, 0.4) is 0 Å². The van der Waals surface area contributed by atoms with Gasteiger partial charge in [0.2, 0.25) is 11.8 Å². The second-order valence-electron chi connectivity index (χ2n) is 4.94. The minimum absolute atomic E-state index is 0.0410. The van der Waals surface area contributed by atoms with E-state index < -0.39 is 0 Å². The highest BCUT2D eigenvalue weighted by Gasteiger charge is 2.47. The van der Waals surface area contributed by atoms with Crippen LogP contribution in [0.2, 0.25) is 0 Å². The molecule has 2 N–H and O–H groups in total. The van der Waals surface area contributed by atoms with Crippen LogP contribution in [0.25, 0.3) is 0 Å². The number of nitrogens with one attached hydrogen (secondary N) is 2. The highest BCUT2D eigenvalue weighted by molar-refractivity contribution is 5.92. The van der Waals surface area contributed by atoms with Crippen LogP contribution in [0, 0.1) is 11.8 Å². The number of hydrogen-bond acceptors (Lipinski definition) is 3. The Morgan fingerprint density at radius 2 is 1.80 bits per heavy atom. The van der Waals surface area contributed by atoms with Crippen molar-refractivity contribution in [2.75, 3.05) is 20.3 Å². The molecule has 1 aliphatic rings. The Morgan fingerprint density at radius 1 is 1.15 bits per heavy atom. The summed E-state index contributed by atoms with van der Waals surface area (Å²) in [7, 11) is 1.59. The van der Waals surface area contributed by atoms with Crippen molar-refractivity contribution >= 4 is 11.8 Å². The average Bonchev–Trinajstić information content (AvgIpc) is 3.26. The second-order valence-corrected chi connectivity index (χ2v) is 4.94. The number of carbonyl (C=O) groups excluding carboxylic acids is 2. The third-order valence-corrected chi connectivity index (χ3v) is 3.38. The molecule has 1 aliphatic carbocycles. The van der Waals surface area contributed by atoms with Crippen LogP contribution in [-0.2, 0) is 20.9 Å². The van der Waals surface area contributed by atoms with E-state index in [2.05, 4.69) is 10.6 Å². The number of benzene rings is 1. The van der Waals surface area contributed by atoms with Crippen molar-refractivity contribution < 1.29 is 14.3 Å². The smallest absolute Gasteiger partial charge is 0.224 e. The van der Waals surface area contributed by atoms with E-state index in [-0.39, 0.29) is 23.7 Å². The van der Waals surface area contributed by atoms with E-state index >= 15 is 0 Å². The molecule has 108 valence electrons. The summed E-state index contributed by atoms with van der Waals surface area (Å²) in [4.78, 5) is 23.6. The van der Waals surface area contributed by atoms with E-state index in [1.807, 2.05) is 30.3 Å². The summed E-state index contributed by atoms with van der Waals surface area (Å²) in [5, 5.41) is 5.63. The molecule has 0 radical (unpaired) electrons. The molecule has 5 heteroatoms. The van der Waals surface area contributed by atoms with Crippen LogP contribution in [-0.4, -0.2) is 32.1 Å². The fourth-order valence-corrected chi connectivity index (χ4v) is 2.10. The zero-order chi connectivity index (χ0) is 14.4. The zero-order valence-electron chi connectivity index (χ0n) is 11.6. The predicted octanol–water partition coefficient (Wildman–Crippen LogP) is 0.702. The summed E-state index contributed by atoms with van der Waals surface area (Å²) in [6.45, 7) is 1.49.